The number of esters is 1. The van der Waals surface area contributed by atoms with E-state index in [0.29, 0.717) is 11.4 Å². The summed E-state index contributed by atoms with van der Waals surface area (Å²) in [5, 5.41) is 11.2. The summed E-state index contributed by atoms with van der Waals surface area (Å²) in [7, 11) is 0. The van der Waals surface area contributed by atoms with E-state index in [1.54, 1.807) is 19.1 Å². The Hall–Kier alpha value is -3.61. The molecule has 142 valence electrons. The molecule has 2 aromatic carbocycles. The van der Waals surface area contributed by atoms with Crippen LogP contribution < -0.4 is 0 Å². The van der Waals surface area contributed by atoms with Crippen molar-refractivity contribution in [3.63, 3.8) is 0 Å². The third kappa shape index (κ3) is 4.37. The van der Waals surface area contributed by atoms with Crippen LogP contribution in [0.3, 0.4) is 0 Å². The zero-order chi connectivity index (χ0) is 20.1. The standard InChI is InChI=1S/C21H20N4O3/c1-14-9-10-15(2)18(11-14)20(26)13-28-21(27)19(25-16(3)22-23-24-25)12-17-7-5-4-6-8-17/h4-12H,13H2,1-3H3/b19-12-. The summed E-state index contributed by atoms with van der Waals surface area (Å²) in [4.78, 5) is 25.2. The van der Waals surface area contributed by atoms with E-state index in [-0.39, 0.29) is 18.1 Å². The highest BCUT2D eigenvalue weighted by Crippen LogP contribution is 2.15. The highest BCUT2D eigenvalue weighted by atomic mass is 16.5. The first kappa shape index (κ1) is 19.2. The minimum absolute atomic E-state index is 0.127. The molecule has 0 aliphatic carbocycles. The van der Waals surface area contributed by atoms with Gasteiger partial charge in [-0.05, 0) is 54.5 Å². The first-order valence-electron chi connectivity index (χ1n) is 8.75. The zero-order valence-electron chi connectivity index (χ0n) is 15.9. The molecule has 0 spiro atoms. The van der Waals surface area contributed by atoms with Crippen LogP contribution >= 0.6 is 0 Å². The molecule has 1 aromatic heterocycles. The molecule has 0 aliphatic heterocycles. The molecule has 7 nitrogen and oxygen atoms in total. The average molecular weight is 376 g/mol. The normalized spacial score (nSPS) is 11.3. The molecule has 0 radical (unpaired) electrons. The van der Waals surface area contributed by atoms with Gasteiger partial charge in [-0.15, -0.1) is 5.10 Å². The minimum Gasteiger partial charge on any atom is -0.453 e. The van der Waals surface area contributed by atoms with Gasteiger partial charge in [0.05, 0.1) is 0 Å². The number of aromatic nitrogens is 4. The molecule has 0 unspecified atom stereocenters. The van der Waals surface area contributed by atoms with Crippen LogP contribution in [0.2, 0.25) is 0 Å². The minimum atomic E-state index is -0.682. The second kappa shape index (κ2) is 8.39. The Labute approximate surface area is 162 Å². The van der Waals surface area contributed by atoms with Crippen LogP contribution in [0.1, 0.15) is 32.9 Å². The second-order valence-corrected chi connectivity index (χ2v) is 6.40. The number of rotatable bonds is 6. The van der Waals surface area contributed by atoms with Crippen LogP contribution in [0.4, 0.5) is 0 Å². The number of hydrogen-bond acceptors (Lipinski definition) is 6. The van der Waals surface area contributed by atoms with Gasteiger partial charge in [0, 0.05) is 5.56 Å². The van der Waals surface area contributed by atoms with Crippen molar-refractivity contribution in [1.82, 2.24) is 20.2 Å². The van der Waals surface area contributed by atoms with E-state index in [1.807, 2.05) is 56.3 Å². The van der Waals surface area contributed by atoms with Gasteiger partial charge in [0.15, 0.2) is 18.1 Å². The number of hydrogen-bond donors (Lipinski definition) is 0. The predicted molar refractivity (Wildman–Crippen MR) is 104 cm³/mol. The van der Waals surface area contributed by atoms with E-state index in [1.165, 1.54) is 4.68 Å². The number of tetrazole rings is 1. The highest BCUT2D eigenvalue weighted by molar-refractivity contribution is 6.16. The molecular weight excluding hydrogens is 356 g/mol. The lowest BCUT2D eigenvalue weighted by Crippen LogP contribution is -2.19. The van der Waals surface area contributed by atoms with Gasteiger partial charge in [0.2, 0.25) is 5.78 Å². The van der Waals surface area contributed by atoms with E-state index >= 15 is 0 Å². The molecule has 0 saturated carbocycles. The topological polar surface area (TPSA) is 87.0 Å². The molecule has 1 heterocycles. The van der Waals surface area contributed by atoms with Crippen molar-refractivity contribution in [2.75, 3.05) is 6.61 Å². The van der Waals surface area contributed by atoms with E-state index in [2.05, 4.69) is 15.5 Å². The van der Waals surface area contributed by atoms with Gasteiger partial charge in [-0.3, -0.25) is 4.79 Å². The van der Waals surface area contributed by atoms with Crippen molar-refractivity contribution in [2.45, 2.75) is 20.8 Å². The Bertz CT molecular complexity index is 1040. The predicted octanol–water partition coefficient (Wildman–Crippen LogP) is 3.02. The third-order valence-electron chi connectivity index (χ3n) is 4.19. The molecular formula is C21H20N4O3. The van der Waals surface area contributed by atoms with Crippen molar-refractivity contribution >= 4 is 23.5 Å². The van der Waals surface area contributed by atoms with Crippen molar-refractivity contribution in [1.29, 1.82) is 0 Å². The van der Waals surface area contributed by atoms with Gasteiger partial charge >= 0.3 is 5.97 Å². The fraction of sp³-hybridized carbons (Fsp3) is 0.190. The van der Waals surface area contributed by atoms with Gasteiger partial charge in [0.1, 0.15) is 0 Å². The summed E-state index contributed by atoms with van der Waals surface area (Å²) in [6, 6.07) is 14.9. The smallest absolute Gasteiger partial charge is 0.357 e. The molecule has 0 N–H and O–H groups in total. The lowest BCUT2D eigenvalue weighted by atomic mass is 10.0. The Morgan fingerprint density at radius 1 is 1.07 bits per heavy atom. The van der Waals surface area contributed by atoms with Crippen LogP contribution in [-0.4, -0.2) is 38.6 Å². The van der Waals surface area contributed by atoms with Crippen molar-refractivity contribution in [3.05, 3.63) is 76.6 Å². The molecule has 0 atom stereocenters. The first-order valence-corrected chi connectivity index (χ1v) is 8.75. The summed E-state index contributed by atoms with van der Waals surface area (Å²) in [5.74, 6) is -0.514. The maximum atomic E-state index is 12.7. The number of benzene rings is 2. The second-order valence-electron chi connectivity index (χ2n) is 6.40. The molecule has 0 saturated heterocycles. The van der Waals surface area contributed by atoms with Crippen LogP contribution in [0.5, 0.6) is 0 Å². The van der Waals surface area contributed by atoms with Crippen LogP contribution in [0, 0.1) is 20.8 Å². The fourth-order valence-corrected chi connectivity index (χ4v) is 2.69. The molecule has 3 rings (SSSR count). The SMILES string of the molecule is Cc1ccc(C)c(C(=O)COC(=O)/C(=C/c2ccccc2)n2nnnc2C)c1. The number of carbonyl (C=O) groups is 2. The molecule has 3 aromatic rings. The van der Waals surface area contributed by atoms with E-state index in [4.69, 9.17) is 4.74 Å². The lowest BCUT2D eigenvalue weighted by Gasteiger charge is -2.10. The fourth-order valence-electron chi connectivity index (χ4n) is 2.69. The molecule has 0 fully saturated rings. The molecule has 0 amide bonds. The molecule has 0 bridgehead atoms. The molecule has 7 heteroatoms. The van der Waals surface area contributed by atoms with Gasteiger partial charge in [-0.1, -0.05) is 48.0 Å². The molecule has 28 heavy (non-hydrogen) atoms. The number of ether oxygens (including phenoxy) is 1. The van der Waals surface area contributed by atoms with E-state index < -0.39 is 5.97 Å². The Morgan fingerprint density at radius 3 is 2.50 bits per heavy atom. The maximum absolute atomic E-state index is 12.7. The quantitative estimate of drug-likeness (QED) is 0.373. The van der Waals surface area contributed by atoms with E-state index in [9.17, 15) is 9.59 Å². The highest BCUT2D eigenvalue weighted by Gasteiger charge is 2.20. The maximum Gasteiger partial charge on any atom is 0.357 e. The lowest BCUT2D eigenvalue weighted by molar-refractivity contribution is -0.136. The third-order valence-corrected chi connectivity index (χ3v) is 4.19. The summed E-state index contributed by atoms with van der Waals surface area (Å²) in [6.07, 6.45) is 1.62. The summed E-state index contributed by atoms with van der Waals surface area (Å²) < 4.78 is 6.58. The first-order chi connectivity index (χ1) is 13.5. The van der Waals surface area contributed by atoms with Crippen LogP contribution in [0.25, 0.3) is 11.8 Å². The van der Waals surface area contributed by atoms with Crippen LogP contribution in [-0.2, 0) is 9.53 Å². The number of Topliss-reactive ketones (excluding diaryl/α,β-unsaturated/α-hetero) is 1. The van der Waals surface area contributed by atoms with Crippen molar-refractivity contribution in [2.24, 2.45) is 0 Å². The zero-order valence-corrected chi connectivity index (χ0v) is 15.9. The van der Waals surface area contributed by atoms with Crippen molar-refractivity contribution in [3.8, 4) is 0 Å². The van der Waals surface area contributed by atoms with Gasteiger partial charge in [-0.25, -0.2) is 4.79 Å². The van der Waals surface area contributed by atoms with Gasteiger partial charge in [0.25, 0.3) is 0 Å². The summed E-state index contributed by atoms with van der Waals surface area (Å²) in [6.45, 7) is 5.06. The van der Waals surface area contributed by atoms with Gasteiger partial charge < -0.3 is 4.74 Å². The largest absolute Gasteiger partial charge is 0.453 e. The number of ketones is 1. The van der Waals surface area contributed by atoms with Crippen LogP contribution in [0.15, 0.2) is 48.5 Å². The Morgan fingerprint density at radius 2 is 1.82 bits per heavy atom. The Balaban J connectivity index is 1.82. The average Bonchev–Trinajstić information content (AvgIpc) is 3.12. The summed E-state index contributed by atoms with van der Waals surface area (Å²) >= 11 is 0. The monoisotopic (exact) mass is 376 g/mol. The number of aryl methyl sites for hydroxylation is 3. The number of nitrogens with zero attached hydrogens (tertiary/aromatic N) is 4. The summed E-state index contributed by atoms with van der Waals surface area (Å²) in [5.41, 5.74) is 3.25. The Kier molecular flexibility index (Phi) is 5.74. The van der Waals surface area contributed by atoms with Crippen molar-refractivity contribution < 1.29 is 14.3 Å². The number of carbonyl (C=O) groups excluding carboxylic acids is 2. The molecule has 0 aliphatic rings. The van der Waals surface area contributed by atoms with Gasteiger partial charge in [-0.2, -0.15) is 4.68 Å². The van der Waals surface area contributed by atoms with E-state index in [0.717, 1.165) is 16.7 Å².